The number of furan rings is 1. The van der Waals surface area contributed by atoms with Crippen LogP contribution in [0.3, 0.4) is 0 Å². The van der Waals surface area contributed by atoms with Gasteiger partial charge < -0.3 is 15.5 Å². The Morgan fingerprint density at radius 3 is 3.00 bits per heavy atom. The summed E-state index contributed by atoms with van der Waals surface area (Å²) in [5, 5.41) is 3.69. The number of nitrogens with two attached hydrogens (primary N) is 1. The molecule has 0 saturated heterocycles. The number of aromatic nitrogens is 1. The van der Waals surface area contributed by atoms with Gasteiger partial charge in [0, 0.05) is 48.1 Å². The van der Waals surface area contributed by atoms with Crippen LogP contribution in [0.5, 0.6) is 0 Å². The van der Waals surface area contributed by atoms with Crippen molar-refractivity contribution in [2.45, 2.75) is 13.5 Å². The van der Waals surface area contributed by atoms with Crippen LogP contribution in [0.2, 0.25) is 0 Å². The third-order valence-electron chi connectivity index (χ3n) is 4.56. The van der Waals surface area contributed by atoms with Crippen molar-refractivity contribution in [3.05, 3.63) is 53.2 Å². The number of pyridine rings is 1. The first kappa shape index (κ1) is 16.1. The van der Waals surface area contributed by atoms with E-state index in [1.54, 1.807) is 19.5 Å². The topological polar surface area (TPSA) is 93.5 Å². The Bertz CT molecular complexity index is 1090. The minimum absolute atomic E-state index is 0.0600. The Hall–Kier alpha value is -3.41. The van der Waals surface area contributed by atoms with Gasteiger partial charge in [-0.25, -0.2) is 4.98 Å². The molecule has 0 atom stereocenters. The fraction of sp³-hybridized carbons (Fsp3) is 0.150. The molecule has 130 valence electrons. The summed E-state index contributed by atoms with van der Waals surface area (Å²) in [7, 11) is 1.72. The number of fused-ring (bicyclic) bond motifs is 2. The van der Waals surface area contributed by atoms with E-state index in [2.05, 4.69) is 15.3 Å². The van der Waals surface area contributed by atoms with Crippen LogP contribution in [0.15, 0.2) is 45.9 Å². The monoisotopic (exact) mass is 346 g/mol. The fourth-order valence-electron chi connectivity index (χ4n) is 3.22. The highest BCUT2D eigenvalue weighted by molar-refractivity contribution is 6.15. The van der Waals surface area contributed by atoms with Gasteiger partial charge in [-0.1, -0.05) is 18.2 Å². The van der Waals surface area contributed by atoms with E-state index in [0.717, 1.165) is 27.6 Å². The maximum absolute atomic E-state index is 11.9. The number of hydrogen-bond acceptors (Lipinski definition) is 5. The van der Waals surface area contributed by atoms with Gasteiger partial charge in [0.1, 0.15) is 5.76 Å². The smallest absolute Gasteiger partial charge is 0.251 e. The number of carbonyl (C=O) groups is 1. The van der Waals surface area contributed by atoms with Crippen LogP contribution in [-0.4, -0.2) is 24.2 Å². The molecule has 4 rings (SSSR count). The maximum atomic E-state index is 11.9. The lowest BCUT2D eigenvalue weighted by atomic mass is 10.0. The third kappa shape index (κ3) is 2.47. The van der Waals surface area contributed by atoms with Crippen molar-refractivity contribution >= 4 is 34.5 Å². The summed E-state index contributed by atoms with van der Waals surface area (Å²) in [6.07, 6.45) is 5.47. The van der Waals surface area contributed by atoms with E-state index >= 15 is 0 Å². The van der Waals surface area contributed by atoms with Gasteiger partial charge in [0.25, 0.3) is 5.91 Å². The summed E-state index contributed by atoms with van der Waals surface area (Å²) in [6.45, 7) is 2.51. The minimum atomic E-state index is -0.0600. The van der Waals surface area contributed by atoms with Crippen molar-refractivity contribution in [3.63, 3.8) is 0 Å². The largest absolute Gasteiger partial charge is 0.452 e. The second-order valence-electron chi connectivity index (χ2n) is 6.10. The average Bonchev–Trinajstić information content (AvgIpc) is 3.25. The van der Waals surface area contributed by atoms with Crippen molar-refractivity contribution in [1.82, 2.24) is 10.3 Å². The van der Waals surface area contributed by atoms with Gasteiger partial charge in [0.2, 0.25) is 0 Å². The molecule has 2 aromatic heterocycles. The first-order chi connectivity index (χ1) is 12.6. The van der Waals surface area contributed by atoms with Gasteiger partial charge in [0.05, 0.1) is 0 Å². The zero-order valence-corrected chi connectivity index (χ0v) is 14.5. The zero-order valence-electron chi connectivity index (χ0n) is 14.5. The number of rotatable bonds is 3. The highest BCUT2D eigenvalue weighted by atomic mass is 16.3. The summed E-state index contributed by atoms with van der Waals surface area (Å²) in [5.74, 6) is 0.917. The number of benzene rings is 1. The van der Waals surface area contributed by atoms with Crippen molar-refractivity contribution in [1.29, 1.82) is 0 Å². The molecule has 0 radical (unpaired) electrons. The first-order valence-electron chi connectivity index (χ1n) is 8.30. The quantitative estimate of drug-likeness (QED) is 0.711. The molecule has 1 aliphatic rings. The highest BCUT2D eigenvalue weighted by Gasteiger charge is 2.21. The van der Waals surface area contributed by atoms with Crippen LogP contribution in [0.1, 0.15) is 28.4 Å². The van der Waals surface area contributed by atoms with Gasteiger partial charge in [0.15, 0.2) is 11.4 Å². The second kappa shape index (κ2) is 6.15. The molecule has 26 heavy (non-hydrogen) atoms. The van der Waals surface area contributed by atoms with Crippen LogP contribution in [0.25, 0.3) is 27.9 Å². The number of carbonyl (C=O) groups excluding carboxylic acids is 1. The number of anilines is 1. The van der Waals surface area contributed by atoms with Crippen molar-refractivity contribution < 1.29 is 9.21 Å². The van der Waals surface area contributed by atoms with E-state index in [-0.39, 0.29) is 5.91 Å². The van der Waals surface area contributed by atoms with E-state index in [1.165, 1.54) is 0 Å². The van der Waals surface area contributed by atoms with Gasteiger partial charge in [-0.3, -0.25) is 9.79 Å². The van der Waals surface area contributed by atoms with E-state index in [1.807, 2.05) is 37.3 Å². The molecular formula is C20H18N4O2. The summed E-state index contributed by atoms with van der Waals surface area (Å²) in [4.78, 5) is 20.3. The van der Waals surface area contributed by atoms with E-state index in [4.69, 9.17) is 10.2 Å². The molecule has 0 fully saturated rings. The molecule has 0 bridgehead atoms. The molecule has 0 saturated carbocycles. The molecule has 1 amide bonds. The Balaban J connectivity index is 1.90. The number of nitrogens with zero attached hydrogens (tertiary/aromatic N) is 2. The van der Waals surface area contributed by atoms with E-state index in [9.17, 15) is 4.79 Å². The van der Waals surface area contributed by atoms with E-state index in [0.29, 0.717) is 29.3 Å². The number of hydrogen-bond donors (Lipinski definition) is 2. The number of allylic oxidation sites excluding steroid dienone is 2. The number of nitrogens with one attached hydrogen (secondary N) is 1. The number of amides is 1. The minimum Gasteiger partial charge on any atom is -0.452 e. The Kier molecular flexibility index (Phi) is 3.80. The van der Waals surface area contributed by atoms with Crippen LogP contribution >= 0.6 is 0 Å². The molecule has 3 heterocycles. The lowest BCUT2D eigenvalue weighted by Gasteiger charge is -2.03. The SMILES string of the molecule is C/C=C(\C=N/C)c1cnc(N)c2oc(-c3ccc4c(c3)C(=O)NC4)cc12. The molecule has 0 aliphatic carbocycles. The lowest BCUT2D eigenvalue weighted by Crippen LogP contribution is -2.12. The van der Waals surface area contributed by atoms with Crippen molar-refractivity contribution in [2.24, 2.45) is 4.99 Å². The summed E-state index contributed by atoms with van der Waals surface area (Å²) < 4.78 is 6.00. The zero-order chi connectivity index (χ0) is 18.3. The Labute approximate surface area is 150 Å². The summed E-state index contributed by atoms with van der Waals surface area (Å²) in [5.41, 5.74) is 10.9. The fourth-order valence-corrected chi connectivity index (χ4v) is 3.22. The predicted octanol–water partition coefficient (Wildman–Crippen LogP) is 3.42. The summed E-state index contributed by atoms with van der Waals surface area (Å²) >= 11 is 0. The third-order valence-corrected chi connectivity index (χ3v) is 4.56. The lowest BCUT2D eigenvalue weighted by molar-refractivity contribution is 0.0966. The molecule has 0 unspecified atom stereocenters. The van der Waals surface area contributed by atoms with Crippen molar-refractivity contribution in [3.8, 4) is 11.3 Å². The molecule has 3 N–H and O–H groups in total. The van der Waals surface area contributed by atoms with Crippen molar-refractivity contribution in [2.75, 3.05) is 12.8 Å². The molecule has 6 heteroatoms. The van der Waals surface area contributed by atoms with Gasteiger partial charge in [-0.05, 0) is 30.2 Å². The Morgan fingerprint density at radius 1 is 1.38 bits per heavy atom. The predicted molar refractivity (Wildman–Crippen MR) is 103 cm³/mol. The van der Waals surface area contributed by atoms with Crippen LogP contribution in [-0.2, 0) is 6.54 Å². The van der Waals surface area contributed by atoms with Gasteiger partial charge in [-0.2, -0.15) is 0 Å². The molecule has 6 nitrogen and oxygen atoms in total. The van der Waals surface area contributed by atoms with Crippen LogP contribution in [0.4, 0.5) is 5.82 Å². The molecule has 0 spiro atoms. The van der Waals surface area contributed by atoms with Gasteiger partial charge >= 0.3 is 0 Å². The number of nitrogen functional groups attached to an aromatic ring is 1. The average molecular weight is 346 g/mol. The molecule has 3 aromatic rings. The molecule has 1 aromatic carbocycles. The summed E-state index contributed by atoms with van der Waals surface area (Å²) in [6, 6.07) is 7.68. The normalized spacial score (nSPS) is 14.2. The van der Waals surface area contributed by atoms with E-state index < -0.39 is 0 Å². The molecule has 1 aliphatic heterocycles. The maximum Gasteiger partial charge on any atom is 0.251 e. The highest BCUT2D eigenvalue weighted by Crippen LogP contribution is 2.35. The Morgan fingerprint density at radius 2 is 2.23 bits per heavy atom. The molecular weight excluding hydrogens is 328 g/mol. The first-order valence-corrected chi connectivity index (χ1v) is 8.30. The van der Waals surface area contributed by atoms with Gasteiger partial charge in [-0.15, -0.1) is 0 Å². The second-order valence-corrected chi connectivity index (χ2v) is 6.10. The number of aliphatic imine (C=N–C) groups is 1. The standard InChI is InChI=1S/C20H18N4O2/c1-3-11(8-22-2)16-10-23-19(21)18-15(16)7-17(26-18)12-4-5-13-9-24-20(25)14(13)6-12/h3-8,10H,9H2,1-2H3,(H2,21,23)(H,24,25)/b11-3+,22-8-. The van der Waals surface area contributed by atoms with Crippen LogP contribution < -0.4 is 11.1 Å². The van der Waals surface area contributed by atoms with Crippen LogP contribution in [0, 0.1) is 0 Å².